The van der Waals surface area contributed by atoms with Gasteiger partial charge < -0.3 is 25.4 Å². The summed E-state index contributed by atoms with van der Waals surface area (Å²) in [5.41, 5.74) is 6.18. The molecule has 8 nitrogen and oxygen atoms in total. The number of hydrogen-bond donors (Lipinski definition) is 2. The number of nitrogens with zero attached hydrogens (tertiary/aromatic N) is 3. The number of benzene rings is 1. The lowest BCUT2D eigenvalue weighted by Gasteiger charge is -2.32. The van der Waals surface area contributed by atoms with Gasteiger partial charge in [0.25, 0.3) is 5.91 Å². The minimum absolute atomic E-state index is 0.116. The summed E-state index contributed by atoms with van der Waals surface area (Å²) < 4.78 is 10.8. The number of morpholine rings is 1. The molecule has 8 heteroatoms. The number of ether oxygens (including phenoxy) is 2. The standard InChI is InChI=1S/C19H29N5O3/c1-21-19(24-6-5-16(13-24)23-7-9-26-10-8-23)22-12-15-3-2-4-17(11-15)27-14-18(20)25/h2-4,11,16H,5-10,12-14H2,1H3,(H2,20,25)(H,21,22). The molecular formula is C19H29N5O3. The molecular weight excluding hydrogens is 346 g/mol. The smallest absolute Gasteiger partial charge is 0.255 e. The lowest BCUT2D eigenvalue weighted by Crippen LogP contribution is -2.46. The van der Waals surface area contributed by atoms with Gasteiger partial charge in [-0.25, -0.2) is 0 Å². The fourth-order valence-electron chi connectivity index (χ4n) is 3.59. The maximum absolute atomic E-state index is 10.9. The first kappa shape index (κ1) is 19.4. The molecule has 2 aliphatic heterocycles. The minimum atomic E-state index is -0.484. The van der Waals surface area contributed by atoms with Gasteiger partial charge in [0.1, 0.15) is 5.75 Å². The molecule has 0 aromatic heterocycles. The van der Waals surface area contributed by atoms with Gasteiger partial charge >= 0.3 is 0 Å². The Morgan fingerprint density at radius 3 is 2.93 bits per heavy atom. The van der Waals surface area contributed by atoms with E-state index in [2.05, 4.69) is 20.1 Å². The van der Waals surface area contributed by atoms with Crippen molar-refractivity contribution in [3.63, 3.8) is 0 Å². The molecule has 1 aromatic carbocycles. The van der Waals surface area contributed by atoms with Crippen molar-refractivity contribution in [3.05, 3.63) is 29.8 Å². The van der Waals surface area contributed by atoms with Crippen LogP contribution >= 0.6 is 0 Å². The van der Waals surface area contributed by atoms with Gasteiger partial charge in [0.2, 0.25) is 0 Å². The average Bonchev–Trinajstić information content (AvgIpc) is 3.18. The summed E-state index contributed by atoms with van der Waals surface area (Å²) in [5, 5.41) is 3.43. The zero-order valence-electron chi connectivity index (χ0n) is 15.9. The fourth-order valence-corrected chi connectivity index (χ4v) is 3.59. The van der Waals surface area contributed by atoms with Crippen LogP contribution in [0, 0.1) is 0 Å². The number of rotatable bonds is 6. The number of nitrogens with two attached hydrogens (primary N) is 1. The Hall–Kier alpha value is -2.32. The lowest BCUT2D eigenvalue weighted by molar-refractivity contribution is -0.119. The van der Waals surface area contributed by atoms with Crippen LogP contribution in [0.25, 0.3) is 0 Å². The Labute approximate surface area is 160 Å². The van der Waals surface area contributed by atoms with E-state index in [1.54, 1.807) is 0 Å². The molecule has 0 radical (unpaired) electrons. The zero-order valence-corrected chi connectivity index (χ0v) is 15.9. The number of primary amides is 1. The third-order valence-corrected chi connectivity index (χ3v) is 4.97. The molecule has 1 amide bonds. The van der Waals surface area contributed by atoms with E-state index in [0.29, 0.717) is 18.3 Å². The Morgan fingerprint density at radius 1 is 1.37 bits per heavy atom. The van der Waals surface area contributed by atoms with E-state index in [1.165, 1.54) is 0 Å². The second kappa shape index (κ2) is 9.57. The summed E-state index contributed by atoms with van der Waals surface area (Å²) in [7, 11) is 1.82. The molecule has 2 aliphatic rings. The first-order valence-electron chi connectivity index (χ1n) is 9.43. The number of nitrogens with one attached hydrogen (secondary N) is 1. The highest BCUT2D eigenvalue weighted by atomic mass is 16.5. The summed E-state index contributed by atoms with van der Waals surface area (Å²) in [6, 6.07) is 8.20. The summed E-state index contributed by atoms with van der Waals surface area (Å²) in [6.07, 6.45) is 1.15. The van der Waals surface area contributed by atoms with Gasteiger partial charge in [0.05, 0.1) is 13.2 Å². The van der Waals surface area contributed by atoms with Crippen molar-refractivity contribution < 1.29 is 14.3 Å². The van der Waals surface area contributed by atoms with Gasteiger partial charge in [-0.1, -0.05) is 12.1 Å². The monoisotopic (exact) mass is 375 g/mol. The highest BCUT2D eigenvalue weighted by Crippen LogP contribution is 2.17. The van der Waals surface area contributed by atoms with Crippen LogP contribution in [0.2, 0.25) is 0 Å². The van der Waals surface area contributed by atoms with E-state index in [0.717, 1.165) is 57.3 Å². The van der Waals surface area contributed by atoms with E-state index in [-0.39, 0.29) is 6.61 Å². The van der Waals surface area contributed by atoms with Crippen molar-refractivity contribution in [2.45, 2.75) is 19.0 Å². The SMILES string of the molecule is CN=C(NCc1cccc(OCC(N)=O)c1)N1CCC(N2CCOCC2)C1. The zero-order chi connectivity index (χ0) is 19.1. The van der Waals surface area contributed by atoms with Crippen LogP contribution in [0.3, 0.4) is 0 Å². The Bertz CT molecular complexity index is 661. The third kappa shape index (κ3) is 5.58. The van der Waals surface area contributed by atoms with E-state index in [1.807, 2.05) is 31.3 Å². The molecule has 1 unspecified atom stereocenters. The maximum atomic E-state index is 10.9. The third-order valence-electron chi connectivity index (χ3n) is 4.97. The molecule has 2 saturated heterocycles. The number of aliphatic imine (C=N–C) groups is 1. The Balaban J connectivity index is 1.51. The largest absolute Gasteiger partial charge is 0.484 e. The first-order chi connectivity index (χ1) is 13.2. The van der Waals surface area contributed by atoms with Crippen molar-refractivity contribution in [2.75, 3.05) is 53.0 Å². The van der Waals surface area contributed by atoms with Gasteiger partial charge in [-0.15, -0.1) is 0 Å². The van der Waals surface area contributed by atoms with E-state index in [9.17, 15) is 4.79 Å². The van der Waals surface area contributed by atoms with Gasteiger partial charge in [0, 0.05) is 45.8 Å². The molecule has 1 atom stereocenters. The predicted octanol–water partition coefficient (Wildman–Crippen LogP) is 0.0326. The molecule has 1 aromatic rings. The molecule has 3 rings (SSSR count). The maximum Gasteiger partial charge on any atom is 0.255 e. The number of carbonyl (C=O) groups is 1. The van der Waals surface area contributed by atoms with E-state index >= 15 is 0 Å². The average molecular weight is 375 g/mol. The van der Waals surface area contributed by atoms with E-state index < -0.39 is 5.91 Å². The highest BCUT2D eigenvalue weighted by Gasteiger charge is 2.30. The minimum Gasteiger partial charge on any atom is -0.484 e. The number of carbonyl (C=O) groups excluding carboxylic acids is 1. The normalized spacial score (nSPS) is 21.3. The molecule has 2 heterocycles. The molecule has 0 aliphatic carbocycles. The lowest BCUT2D eigenvalue weighted by atomic mass is 10.2. The summed E-state index contributed by atoms with van der Waals surface area (Å²) in [4.78, 5) is 20.1. The molecule has 2 fully saturated rings. The predicted molar refractivity (Wildman–Crippen MR) is 104 cm³/mol. The van der Waals surface area contributed by atoms with Crippen LogP contribution in [-0.2, 0) is 16.1 Å². The fraction of sp³-hybridized carbons (Fsp3) is 0.579. The Kier molecular flexibility index (Phi) is 6.89. The van der Waals surface area contributed by atoms with Gasteiger partial charge in [0.15, 0.2) is 12.6 Å². The van der Waals surface area contributed by atoms with Crippen LogP contribution in [0.5, 0.6) is 5.75 Å². The first-order valence-corrected chi connectivity index (χ1v) is 9.43. The van der Waals surface area contributed by atoms with Crippen LogP contribution in [0.15, 0.2) is 29.3 Å². The van der Waals surface area contributed by atoms with Crippen molar-refractivity contribution >= 4 is 11.9 Å². The van der Waals surface area contributed by atoms with Crippen LogP contribution in [0.4, 0.5) is 0 Å². The number of likely N-dealkylation sites (tertiary alicyclic amines) is 1. The van der Waals surface area contributed by atoms with Crippen molar-refractivity contribution in [2.24, 2.45) is 10.7 Å². The second-order valence-corrected chi connectivity index (χ2v) is 6.84. The number of guanidine groups is 1. The molecule has 0 spiro atoms. The Morgan fingerprint density at radius 2 is 2.19 bits per heavy atom. The summed E-state index contributed by atoms with van der Waals surface area (Å²) in [5.74, 6) is 1.06. The van der Waals surface area contributed by atoms with Crippen molar-refractivity contribution in [1.29, 1.82) is 0 Å². The molecule has 3 N–H and O–H groups in total. The number of hydrogen-bond acceptors (Lipinski definition) is 5. The van der Waals surface area contributed by atoms with Gasteiger partial charge in [-0.2, -0.15) is 0 Å². The molecule has 0 bridgehead atoms. The van der Waals surface area contributed by atoms with Crippen molar-refractivity contribution in [1.82, 2.24) is 15.1 Å². The quantitative estimate of drug-likeness (QED) is 0.539. The van der Waals surface area contributed by atoms with E-state index in [4.69, 9.17) is 15.2 Å². The molecule has 0 saturated carbocycles. The molecule has 27 heavy (non-hydrogen) atoms. The van der Waals surface area contributed by atoms with Crippen LogP contribution < -0.4 is 15.8 Å². The second-order valence-electron chi connectivity index (χ2n) is 6.84. The van der Waals surface area contributed by atoms with Crippen LogP contribution in [-0.4, -0.2) is 80.8 Å². The number of amides is 1. The highest BCUT2D eigenvalue weighted by molar-refractivity contribution is 5.80. The molecule has 148 valence electrons. The summed E-state index contributed by atoms with van der Waals surface area (Å²) in [6.45, 7) is 6.21. The van der Waals surface area contributed by atoms with Gasteiger partial charge in [-0.05, 0) is 24.1 Å². The van der Waals surface area contributed by atoms with Gasteiger partial charge in [-0.3, -0.25) is 14.7 Å². The van der Waals surface area contributed by atoms with Crippen LogP contribution in [0.1, 0.15) is 12.0 Å². The summed E-state index contributed by atoms with van der Waals surface area (Å²) >= 11 is 0. The topological polar surface area (TPSA) is 92.4 Å². The van der Waals surface area contributed by atoms with Crippen molar-refractivity contribution in [3.8, 4) is 5.75 Å².